The average molecular weight is 326 g/mol. The van der Waals surface area contributed by atoms with Crippen LogP contribution in [0.2, 0.25) is 0 Å². The molecule has 1 atom stereocenters. The summed E-state index contributed by atoms with van der Waals surface area (Å²) in [6, 6.07) is 4.03. The first-order valence-electron chi connectivity index (χ1n) is 5.63. The minimum atomic E-state index is -4.69. The highest BCUT2D eigenvalue weighted by molar-refractivity contribution is 9.10. The lowest BCUT2D eigenvalue weighted by atomic mass is 10.0. The normalized spacial score (nSPS) is 13.4. The van der Waals surface area contributed by atoms with Gasteiger partial charge >= 0.3 is 6.36 Å². The Bertz CT molecular complexity index is 395. The third kappa shape index (κ3) is 5.27. The highest BCUT2D eigenvalue weighted by Crippen LogP contribution is 2.30. The van der Waals surface area contributed by atoms with E-state index in [4.69, 9.17) is 5.73 Å². The van der Waals surface area contributed by atoms with Crippen LogP contribution < -0.4 is 10.5 Å². The van der Waals surface area contributed by atoms with E-state index in [1.807, 2.05) is 6.92 Å². The Hall–Kier alpha value is -0.750. The fourth-order valence-corrected chi connectivity index (χ4v) is 2.07. The second kappa shape index (κ2) is 6.43. The van der Waals surface area contributed by atoms with Crippen molar-refractivity contribution in [3.63, 3.8) is 0 Å². The lowest BCUT2D eigenvalue weighted by Crippen LogP contribution is -2.18. The van der Waals surface area contributed by atoms with Gasteiger partial charge in [-0.05, 0) is 30.2 Å². The summed E-state index contributed by atoms with van der Waals surface area (Å²) in [5, 5.41) is 0. The second-order valence-electron chi connectivity index (χ2n) is 4.02. The molecule has 0 unspecified atom stereocenters. The van der Waals surface area contributed by atoms with E-state index in [-0.39, 0.29) is 11.8 Å². The maximum Gasteiger partial charge on any atom is 0.573 e. The Morgan fingerprint density at radius 3 is 2.56 bits per heavy atom. The van der Waals surface area contributed by atoms with E-state index in [0.29, 0.717) is 10.0 Å². The van der Waals surface area contributed by atoms with Crippen molar-refractivity contribution in [1.82, 2.24) is 0 Å². The van der Waals surface area contributed by atoms with Gasteiger partial charge in [0, 0.05) is 10.5 Å². The van der Waals surface area contributed by atoms with Gasteiger partial charge in [-0.25, -0.2) is 0 Å². The molecule has 2 N–H and O–H groups in total. The highest BCUT2D eigenvalue weighted by Gasteiger charge is 2.31. The molecule has 1 aromatic carbocycles. The van der Waals surface area contributed by atoms with E-state index in [0.717, 1.165) is 19.3 Å². The molecule has 0 saturated carbocycles. The summed E-state index contributed by atoms with van der Waals surface area (Å²) in [5.41, 5.74) is 6.56. The summed E-state index contributed by atoms with van der Waals surface area (Å²) in [6.07, 6.45) is -2.03. The zero-order valence-electron chi connectivity index (χ0n) is 9.93. The standard InChI is InChI=1S/C12H15BrF3NO/c1-2-3-4-11(17)8-5-9(13)7-10(6-8)18-12(14,15)16/h5-7,11H,2-4,17H2,1H3/t11-/m1/s1. The molecule has 0 aliphatic rings. The summed E-state index contributed by atoms with van der Waals surface area (Å²) in [7, 11) is 0. The third-order valence-electron chi connectivity index (χ3n) is 2.42. The third-order valence-corrected chi connectivity index (χ3v) is 2.88. The summed E-state index contributed by atoms with van der Waals surface area (Å²) < 4.78 is 40.8. The molecule has 0 saturated heterocycles. The van der Waals surface area contributed by atoms with E-state index in [1.165, 1.54) is 12.1 Å². The van der Waals surface area contributed by atoms with Gasteiger partial charge < -0.3 is 10.5 Å². The zero-order chi connectivity index (χ0) is 13.8. The fraction of sp³-hybridized carbons (Fsp3) is 0.500. The maximum absolute atomic E-state index is 12.1. The van der Waals surface area contributed by atoms with Crippen LogP contribution in [0.3, 0.4) is 0 Å². The zero-order valence-corrected chi connectivity index (χ0v) is 11.5. The lowest BCUT2D eigenvalue weighted by Gasteiger charge is -2.15. The molecule has 0 radical (unpaired) electrons. The van der Waals surface area contributed by atoms with Crippen molar-refractivity contribution in [1.29, 1.82) is 0 Å². The van der Waals surface area contributed by atoms with Crippen molar-refractivity contribution in [3.8, 4) is 5.75 Å². The van der Waals surface area contributed by atoms with Crippen LogP contribution in [-0.2, 0) is 0 Å². The van der Waals surface area contributed by atoms with Crippen molar-refractivity contribution in [3.05, 3.63) is 28.2 Å². The van der Waals surface area contributed by atoms with E-state index < -0.39 is 6.36 Å². The Balaban J connectivity index is 2.86. The smallest absolute Gasteiger partial charge is 0.406 e. The van der Waals surface area contributed by atoms with Crippen LogP contribution in [0.15, 0.2) is 22.7 Å². The van der Waals surface area contributed by atoms with Gasteiger partial charge in [0.15, 0.2) is 0 Å². The van der Waals surface area contributed by atoms with Gasteiger partial charge in [0.1, 0.15) is 5.75 Å². The van der Waals surface area contributed by atoms with Gasteiger partial charge in [0.25, 0.3) is 0 Å². The second-order valence-corrected chi connectivity index (χ2v) is 4.93. The predicted molar refractivity (Wildman–Crippen MR) is 67.3 cm³/mol. The molecule has 0 aliphatic heterocycles. The largest absolute Gasteiger partial charge is 0.573 e. The highest BCUT2D eigenvalue weighted by atomic mass is 79.9. The van der Waals surface area contributed by atoms with Gasteiger partial charge in [-0.15, -0.1) is 13.2 Å². The monoisotopic (exact) mass is 325 g/mol. The minimum absolute atomic E-state index is 0.251. The SMILES string of the molecule is CCCC[C@@H](N)c1cc(Br)cc(OC(F)(F)F)c1. The topological polar surface area (TPSA) is 35.2 Å². The number of unbranched alkanes of at least 4 members (excludes halogenated alkanes) is 1. The van der Waals surface area contributed by atoms with E-state index in [1.54, 1.807) is 6.07 Å². The van der Waals surface area contributed by atoms with E-state index >= 15 is 0 Å². The Labute approximate surface area is 112 Å². The molecule has 0 amide bonds. The molecule has 0 bridgehead atoms. The molecule has 18 heavy (non-hydrogen) atoms. The molecule has 0 heterocycles. The summed E-state index contributed by atoms with van der Waals surface area (Å²) in [6.45, 7) is 2.03. The molecule has 0 fully saturated rings. The lowest BCUT2D eigenvalue weighted by molar-refractivity contribution is -0.274. The molecule has 1 rings (SSSR count). The van der Waals surface area contributed by atoms with Gasteiger partial charge in [0.05, 0.1) is 0 Å². The van der Waals surface area contributed by atoms with Crippen LogP contribution >= 0.6 is 15.9 Å². The minimum Gasteiger partial charge on any atom is -0.406 e. The van der Waals surface area contributed by atoms with E-state index in [2.05, 4.69) is 20.7 Å². The Kier molecular flexibility index (Phi) is 5.47. The molecule has 6 heteroatoms. The number of hydrogen-bond donors (Lipinski definition) is 1. The van der Waals surface area contributed by atoms with Crippen molar-refractivity contribution in [2.45, 2.75) is 38.6 Å². The summed E-state index contributed by atoms with van der Waals surface area (Å²) in [5.74, 6) is -0.251. The molecule has 102 valence electrons. The van der Waals surface area contributed by atoms with Crippen molar-refractivity contribution < 1.29 is 17.9 Å². The first-order valence-corrected chi connectivity index (χ1v) is 6.43. The Morgan fingerprint density at radius 2 is 2.00 bits per heavy atom. The van der Waals surface area contributed by atoms with Gasteiger partial charge in [-0.1, -0.05) is 35.7 Å². The maximum atomic E-state index is 12.1. The van der Waals surface area contributed by atoms with Gasteiger partial charge in [0.2, 0.25) is 0 Å². The average Bonchev–Trinajstić information content (AvgIpc) is 2.22. The van der Waals surface area contributed by atoms with Crippen LogP contribution in [0.4, 0.5) is 13.2 Å². The van der Waals surface area contributed by atoms with Gasteiger partial charge in [-0.3, -0.25) is 0 Å². The number of alkyl halides is 3. The van der Waals surface area contributed by atoms with Crippen molar-refractivity contribution >= 4 is 15.9 Å². The van der Waals surface area contributed by atoms with E-state index in [9.17, 15) is 13.2 Å². The first kappa shape index (κ1) is 15.3. The van der Waals surface area contributed by atoms with Crippen LogP contribution in [-0.4, -0.2) is 6.36 Å². The quantitative estimate of drug-likeness (QED) is 0.862. The van der Waals surface area contributed by atoms with Crippen molar-refractivity contribution in [2.75, 3.05) is 0 Å². The van der Waals surface area contributed by atoms with Crippen LogP contribution in [0.1, 0.15) is 37.8 Å². The molecular weight excluding hydrogens is 311 g/mol. The molecule has 2 nitrogen and oxygen atoms in total. The predicted octanol–water partition coefficient (Wildman–Crippen LogP) is 4.54. The van der Waals surface area contributed by atoms with Crippen LogP contribution in [0.5, 0.6) is 5.75 Å². The van der Waals surface area contributed by atoms with Crippen molar-refractivity contribution in [2.24, 2.45) is 5.73 Å². The summed E-state index contributed by atoms with van der Waals surface area (Å²) >= 11 is 3.15. The fourth-order valence-electron chi connectivity index (χ4n) is 1.58. The molecular formula is C12H15BrF3NO. The number of benzene rings is 1. The molecule has 0 aliphatic carbocycles. The molecule has 1 aromatic rings. The number of nitrogens with two attached hydrogens (primary N) is 1. The molecule has 0 aromatic heterocycles. The number of ether oxygens (including phenoxy) is 1. The number of rotatable bonds is 5. The first-order chi connectivity index (χ1) is 8.31. The van der Waals surface area contributed by atoms with Gasteiger partial charge in [-0.2, -0.15) is 0 Å². The number of halogens is 4. The van der Waals surface area contributed by atoms with Crippen LogP contribution in [0.25, 0.3) is 0 Å². The number of hydrogen-bond acceptors (Lipinski definition) is 2. The Morgan fingerprint density at radius 1 is 1.33 bits per heavy atom. The van der Waals surface area contributed by atoms with Crippen LogP contribution in [0, 0.1) is 0 Å². The molecule has 0 spiro atoms. The summed E-state index contributed by atoms with van der Waals surface area (Å²) in [4.78, 5) is 0.